The molecule has 1 unspecified atom stereocenters. The molecule has 5 nitrogen and oxygen atoms in total. The molecule has 0 fully saturated rings. The van der Waals surface area contributed by atoms with Gasteiger partial charge in [0.25, 0.3) is 0 Å². The summed E-state index contributed by atoms with van der Waals surface area (Å²) in [6, 6.07) is 1.44. The largest absolute Gasteiger partial charge is 0.452 e. The first-order valence-corrected chi connectivity index (χ1v) is 9.05. The Balaban J connectivity index is 2.84. The Morgan fingerprint density at radius 3 is 2.55 bits per heavy atom. The summed E-state index contributed by atoms with van der Waals surface area (Å²) in [4.78, 5) is 0.154. The number of sulfonamides is 1. The van der Waals surface area contributed by atoms with Gasteiger partial charge in [0.05, 0.1) is 6.54 Å². The fourth-order valence-corrected chi connectivity index (χ4v) is 4.25. The van der Waals surface area contributed by atoms with Crippen molar-refractivity contribution in [3.8, 4) is 0 Å². The molecule has 1 heterocycles. The van der Waals surface area contributed by atoms with Gasteiger partial charge in [0.2, 0.25) is 10.0 Å². The van der Waals surface area contributed by atoms with E-state index in [1.807, 2.05) is 13.8 Å². The summed E-state index contributed by atoms with van der Waals surface area (Å²) in [5.74, 6) is 1.03. The fraction of sp³-hybridized carbons (Fsp3) is 0.692. The standard InChI is InChI=1S/C13H23BrN2O3S/c1-5-15-8-11-7-12(13(14)19-11)20(17,18)16-10(4)6-9(2)3/h7,9-10,15-16H,5-6,8H2,1-4H3. The van der Waals surface area contributed by atoms with E-state index in [0.717, 1.165) is 13.0 Å². The third kappa shape index (κ3) is 5.20. The molecule has 20 heavy (non-hydrogen) atoms. The van der Waals surface area contributed by atoms with E-state index in [-0.39, 0.29) is 15.6 Å². The summed E-state index contributed by atoms with van der Waals surface area (Å²) in [6.45, 7) is 9.27. The highest BCUT2D eigenvalue weighted by Crippen LogP contribution is 2.26. The van der Waals surface area contributed by atoms with E-state index in [2.05, 4.69) is 39.8 Å². The molecule has 0 aliphatic heterocycles. The van der Waals surface area contributed by atoms with Gasteiger partial charge in [-0.15, -0.1) is 0 Å². The molecule has 0 radical (unpaired) electrons. The SMILES string of the molecule is CCNCc1cc(S(=O)(=O)NC(C)CC(C)C)c(Br)o1. The van der Waals surface area contributed by atoms with Crippen molar-refractivity contribution in [2.75, 3.05) is 6.54 Å². The summed E-state index contributed by atoms with van der Waals surface area (Å²) < 4.78 is 32.9. The van der Waals surface area contributed by atoms with Crippen molar-refractivity contribution in [1.29, 1.82) is 0 Å². The second-order valence-electron chi connectivity index (χ2n) is 5.28. The van der Waals surface area contributed by atoms with Crippen LogP contribution >= 0.6 is 15.9 Å². The van der Waals surface area contributed by atoms with Gasteiger partial charge in [-0.2, -0.15) is 0 Å². The predicted molar refractivity (Wildman–Crippen MR) is 83.0 cm³/mol. The number of rotatable bonds is 8. The predicted octanol–water partition coefficient (Wildman–Crippen LogP) is 2.86. The zero-order chi connectivity index (χ0) is 15.3. The number of hydrogen-bond donors (Lipinski definition) is 2. The highest BCUT2D eigenvalue weighted by atomic mass is 79.9. The smallest absolute Gasteiger partial charge is 0.245 e. The summed E-state index contributed by atoms with van der Waals surface area (Å²) in [5.41, 5.74) is 0. The lowest BCUT2D eigenvalue weighted by Gasteiger charge is -2.15. The minimum atomic E-state index is -3.56. The minimum absolute atomic E-state index is 0.112. The number of hydrogen-bond acceptors (Lipinski definition) is 4. The third-order valence-electron chi connectivity index (χ3n) is 2.73. The Hall–Kier alpha value is -0.370. The molecule has 0 bridgehead atoms. The number of furan rings is 1. The lowest BCUT2D eigenvalue weighted by atomic mass is 10.1. The summed E-state index contributed by atoms with van der Waals surface area (Å²) in [5, 5.41) is 3.09. The Bertz CT molecular complexity index is 526. The van der Waals surface area contributed by atoms with E-state index in [9.17, 15) is 8.42 Å². The topological polar surface area (TPSA) is 71.3 Å². The first kappa shape index (κ1) is 17.7. The van der Waals surface area contributed by atoms with Gasteiger partial charge in [-0.1, -0.05) is 20.8 Å². The average Bonchev–Trinajstić information content (AvgIpc) is 2.66. The van der Waals surface area contributed by atoms with Crippen LogP contribution in [0, 0.1) is 5.92 Å². The second-order valence-corrected chi connectivity index (χ2v) is 7.69. The van der Waals surface area contributed by atoms with Crippen LogP contribution in [0.2, 0.25) is 0 Å². The van der Waals surface area contributed by atoms with Gasteiger partial charge in [0.15, 0.2) is 4.67 Å². The second kappa shape index (κ2) is 7.59. The molecule has 0 aliphatic rings. The molecule has 1 rings (SSSR count). The van der Waals surface area contributed by atoms with Crippen LogP contribution in [0.5, 0.6) is 0 Å². The molecule has 0 aromatic carbocycles. The van der Waals surface area contributed by atoms with E-state index in [1.165, 1.54) is 0 Å². The van der Waals surface area contributed by atoms with E-state index < -0.39 is 10.0 Å². The summed E-state index contributed by atoms with van der Waals surface area (Å²) >= 11 is 3.17. The third-order valence-corrected chi connectivity index (χ3v) is 5.17. The molecular formula is C13H23BrN2O3S. The summed E-state index contributed by atoms with van der Waals surface area (Å²) in [7, 11) is -3.56. The molecule has 0 saturated heterocycles. The normalized spacial score (nSPS) is 13.9. The first-order chi connectivity index (χ1) is 9.26. The van der Waals surface area contributed by atoms with Crippen LogP contribution in [0.1, 0.15) is 39.9 Å². The van der Waals surface area contributed by atoms with Crippen molar-refractivity contribution >= 4 is 26.0 Å². The van der Waals surface area contributed by atoms with Gasteiger partial charge in [0, 0.05) is 12.1 Å². The molecule has 0 amide bonds. The van der Waals surface area contributed by atoms with Crippen LogP contribution in [0.25, 0.3) is 0 Å². The zero-order valence-electron chi connectivity index (χ0n) is 12.4. The molecule has 1 atom stereocenters. The van der Waals surface area contributed by atoms with E-state index in [0.29, 0.717) is 18.2 Å². The first-order valence-electron chi connectivity index (χ1n) is 6.77. The van der Waals surface area contributed by atoms with Crippen molar-refractivity contribution in [2.24, 2.45) is 5.92 Å². The maximum Gasteiger partial charge on any atom is 0.245 e. The molecule has 0 saturated carbocycles. The van der Waals surface area contributed by atoms with Gasteiger partial charge < -0.3 is 9.73 Å². The lowest BCUT2D eigenvalue weighted by molar-refractivity contribution is 0.462. The quantitative estimate of drug-likeness (QED) is 0.741. The van der Waals surface area contributed by atoms with Crippen LogP contribution in [0.15, 0.2) is 20.0 Å². The number of halogens is 1. The number of nitrogens with one attached hydrogen (secondary N) is 2. The van der Waals surface area contributed by atoms with Crippen LogP contribution in [0.3, 0.4) is 0 Å². The van der Waals surface area contributed by atoms with E-state index in [1.54, 1.807) is 6.07 Å². The molecule has 0 aliphatic carbocycles. The van der Waals surface area contributed by atoms with Gasteiger partial charge in [-0.05, 0) is 41.7 Å². The molecule has 0 spiro atoms. The van der Waals surface area contributed by atoms with Crippen LogP contribution < -0.4 is 10.0 Å². The van der Waals surface area contributed by atoms with Gasteiger partial charge in [-0.25, -0.2) is 13.1 Å². The monoisotopic (exact) mass is 366 g/mol. The Morgan fingerprint density at radius 1 is 1.35 bits per heavy atom. The highest BCUT2D eigenvalue weighted by molar-refractivity contribution is 9.10. The summed E-state index contributed by atoms with van der Waals surface area (Å²) in [6.07, 6.45) is 0.791. The average molecular weight is 367 g/mol. The molecule has 116 valence electrons. The molecule has 1 aromatic rings. The van der Waals surface area contributed by atoms with Gasteiger partial charge in [0.1, 0.15) is 10.7 Å². The lowest BCUT2D eigenvalue weighted by Crippen LogP contribution is -2.33. The van der Waals surface area contributed by atoms with Crippen LogP contribution in [-0.4, -0.2) is 21.0 Å². The van der Waals surface area contributed by atoms with Crippen molar-refractivity contribution in [2.45, 2.75) is 51.6 Å². The highest BCUT2D eigenvalue weighted by Gasteiger charge is 2.24. The van der Waals surface area contributed by atoms with Crippen LogP contribution in [0.4, 0.5) is 0 Å². The van der Waals surface area contributed by atoms with Crippen molar-refractivity contribution in [3.63, 3.8) is 0 Å². The Kier molecular flexibility index (Phi) is 6.71. The minimum Gasteiger partial charge on any atom is -0.452 e. The molecule has 2 N–H and O–H groups in total. The fourth-order valence-electron chi connectivity index (χ4n) is 2.00. The Labute approximate surface area is 129 Å². The Morgan fingerprint density at radius 2 is 2.00 bits per heavy atom. The van der Waals surface area contributed by atoms with Gasteiger partial charge >= 0.3 is 0 Å². The van der Waals surface area contributed by atoms with E-state index >= 15 is 0 Å². The molecule has 7 heteroatoms. The van der Waals surface area contributed by atoms with E-state index in [4.69, 9.17) is 4.42 Å². The maximum atomic E-state index is 12.3. The molecular weight excluding hydrogens is 344 g/mol. The van der Waals surface area contributed by atoms with Crippen LogP contribution in [-0.2, 0) is 16.6 Å². The maximum absolute atomic E-state index is 12.3. The van der Waals surface area contributed by atoms with Crippen molar-refractivity contribution in [1.82, 2.24) is 10.0 Å². The van der Waals surface area contributed by atoms with Crippen molar-refractivity contribution in [3.05, 3.63) is 16.5 Å². The zero-order valence-corrected chi connectivity index (χ0v) is 14.8. The van der Waals surface area contributed by atoms with Gasteiger partial charge in [-0.3, -0.25) is 0 Å². The molecule has 1 aromatic heterocycles. The van der Waals surface area contributed by atoms with Crippen molar-refractivity contribution < 1.29 is 12.8 Å².